The first-order valence-electron chi connectivity index (χ1n) is 4.57. The molecule has 82 valence electrons. The lowest BCUT2D eigenvalue weighted by atomic mass is 10.2. The summed E-state index contributed by atoms with van der Waals surface area (Å²) in [7, 11) is 0. The molecule has 0 bridgehead atoms. The van der Waals surface area contributed by atoms with E-state index in [9.17, 15) is 14.7 Å². The fourth-order valence-electron chi connectivity index (χ4n) is 1.44. The van der Waals surface area contributed by atoms with Crippen molar-refractivity contribution in [3.8, 4) is 0 Å². The second kappa shape index (κ2) is 4.27. The topological polar surface area (TPSA) is 85.3 Å². The molecule has 1 atom stereocenters. The first-order valence-corrected chi connectivity index (χ1v) is 4.57. The van der Waals surface area contributed by atoms with Crippen LogP contribution >= 0.6 is 0 Å². The molecule has 0 aliphatic heterocycles. The number of aromatic nitrogens is 1. The number of amides is 1. The number of carbonyl (C=O) groups is 1. The SMILES string of the molecule is Cc1cc(=O)cc(C)n1CC(O)C(N)=O. The van der Waals surface area contributed by atoms with E-state index in [2.05, 4.69) is 0 Å². The fourth-order valence-corrected chi connectivity index (χ4v) is 1.44. The Labute approximate surface area is 87.1 Å². The van der Waals surface area contributed by atoms with Crippen molar-refractivity contribution >= 4 is 5.91 Å². The fraction of sp³-hybridized carbons (Fsp3) is 0.400. The van der Waals surface area contributed by atoms with Crippen molar-refractivity contribution in [3.05, 3.63) is 33.7 Å². The Morgan fingerprint density at radius 3 is 2.33 bits per heavy atom. The molecule has 0 aromatic carbocycles. The van der Waals surface area contributed by atoms with Crippen LogP contribution in [0.3, 0.4) is 0 Å². The number of primary amides is 1. The summed E-state index contributed by atoms with van der Waals surface area (Å²) in [6.07, 6.45) is -1.23. The van der Waals surface area contributed by atoms with Crippen LogP contribution in [0, 0.1) is 13.8 Å². The highest BCUT2D eigenvalue weighted by Crippen LogP contribution is 2.03. The number of pyridine rings is 1. The standard InChI is InChI=1S/C10H14N2O3/c1-6-3-8(13)4-7(2)12(6)5-9(14)10(11)15/h3-4,9,14H,5H2,1-2H3,(H2,11,15). The summed E-state index contributed by atoms with van der Waals surface area (Å²) in [4.78, 5) is 21.8. The van der Waals surface area contributed by atoms with Crippen LogP contribution in [-0.4, -0.2) is 21.7 Å². The van der Waals surface area contributed by atoms with Crippen molar-refractivity contribution in [1.29, 1.82) is 0 Å². The molecule has 1 amide bonds. The van der Waals surface area contributed by atoms with E-state index in [1.165, 1.54) is 12.1 Å². The van der Waals surface area contributed by atoms with Crippen LogP contribution in [0.5, 0.6) is 0 Å². The van der Waals surface area contributed by atoms with Gasteiger partial charge in [-0.25, -0.2) is 0 Å². The van der Waals surface area contributed by atoms with Crippen LogP contribution in [0.15, 0.2) is 16.9 Å². The Balaban J connectivity index is 3.05. The Morgan fingerprint density at radius 1 is 1.47 bits per heavy atom. The Hall–Kier alpha value is -1.62. The van der Waals surface area contributed by atoms with Crippen LogP contribution in [-0.2, 0) is 11.3 Å². The predicted molar refractivity (Wildman–Crippen MR) is 55.4 cm³/mol. The van der Waals surface area contributed by atoms with Crippen molar-refractivity contribution in [1.82, 2.24) is 4.57 Å². The quantitative estimate of drug-likeness (QED) is 0.692. The summed E-state index contributed by atoms with van der Waals surface area (Å²) in [5, 5.41) is 9.32. The van der Waals surface area contributed by atoms with Crippen molar-refractivity contribution in [2.24, 2.45) is 5.73 Å². The van der Waals surface area contributed by atoms with Gasteiger partial charge in [-0.1, -0.05) is 0 Å². The summed E-state index contributed by atoms with van der Waals surface area (Å²) in [5.41, 5.74) is 6.25. The minimum Gasteiger partial charge on any atom is -0.381 e. The van der Waals surface area contributed by atoms with Gasteiger partial charge in [0.05, 0.1) is 6.54 Å². The first kappa shape index (κ1) is 11.5. The predicted octanol–water partition coefficient (Wildman–Crippen LogP) is -0.689. The number of carbonyl (C=O) groups excluding carboxylic acids is 1. The number of aryl methyl sites for hydroxylation is 2. The molecule has 1 aromatic rings. The molecule has 0 fully saturated rings. The molecule has 0 radical (unpaired) electrons. The Morgan fingerprint density at radius 2 is 1.93 bits per heavy atom. The number of hydrogen-bond acceptors (Lipinski definition) is 3. The molecule has 1 rings (SSSR count). The third-order valence-electron chi connectivity index (χ3n) is 2.24. The summed E-state index contributed by atoms with van der Waals surface area (Å²) in [6.45, 7) is 3.55. The molecule has 1 aromatic heterocycles. The Kier molecular flexibility index (Phi) is 3.26. The van der Waals surface area contributed by atoms with E-state index in [-0.39, 0.29) is 12.0 Å². The van der Waals surface area contributed by atoms with E-state index in [4.69, 9.17) is 5.73 Å². The number of nitrogens with zero attached hydrogens (tertiary/aromatic N) is 1. The van der Waals surface area contributed by atoms with E-state index in [0.717, 1.165) is 0 Å². The lowest BCUT2D eigenvalue weighted by Crippen LogP contribution is -2.33. The molecule has 0 saturated heterocycles. The van der Waals surface area contributed by atoms with E-state index in [1.807, 2.05) is 0 Å². The number of rotatable bonds is 3. The van der Waals surface area contributed by atoms with Crippen molar-refractivity contribution in [3.63, 3.8) is 0 Å². The second-order valence-corrected chi connectivity index (χ2v) is 3.50. The van der Waals surface area contributed by atoms with Gasteiger partial charge >= 0.3 is 0 Å². The van der Waals surface area contributed by atoms with Gasteiger partial charge in [0.25, 0.3) is 0 Å². The lowest BCUT2D eigenvalue weighted by molar-refractivity contribution is -0.126. The molecular weight excluding hydrogens is 196 g/mol. The summed E-state index contributed by atoms with van der Waals surface area (Å²) >= 11 is 0. The molecule has 5 nitrogen and oxygen atoms in total. The zero-order chi connectivity index (χ0) is 11.6. The van der Waals surface area contributed by atoms with Gasteiger partial charge in [0, 0.05) is 23.5 Å². The van der Waals surface area contributed by atoms with Gasteiger partial charge in [-0.05, 0) is 13.8 Å². The van der Waals surface area contributed by atoms with E-state index in [0.29, 0.717) is 11.4 Å². The lowest BCUT2D eigenvalue weighted by Gasteiger charge is -2.16. The van der Waals surface area contributed by atoms with Gasteiger partial charge in [-0.15, -0.1) is 0 Å². The third kappa shape index (κ3) is 2.66. The van der Waals surface area contributed by atoms with Crippen LogP contribution in [0.4, 0.5) is 0 Å². The smallest absolute Gasteiger partial charge is 0.248 e. The first-order chi connectivity index (χ1) is 6.91. The van der Waals surface area contributed by atoms with Gasteiger partial charge in [0.15, 0.2) is 5.43 Å². The largest absolute Gasteiger partial charge is 0.381 e. The zero-order valence-electron chi connectivity index (χ0n) is 8.73. The monoisotopic (exact) mass is 210 g/mol. The third-order valence-corrected chi connectivity index (χ3v) is 2.24. The van der Waals surface area contributed by atoms with E-state index in [1.54, 1.807) is 18.4 Å². The maximum absolute atomic E-state index is 11.1. The highest BCUT2D eigenvalue weighted by Gasteiger charge is 2.13. The van der Waals surface area contributed by atoms with Crippen molar-refractivity contribution < 1.29 is 9.90 Å². The van der Waals surface area contributed by atoms with Crippen LogP contribution in [0.25, 0.3) is 0 Å². The minimum atomic E-state index is -1.23. The van der Waals surface area contributed by atoms with Crippen LogP contribution in [0.1, 0.15) is 11.4 Å². The summed E-state index contributed by atoms with van der Waals surface area (Å²) in [6, 6.07) is 2.89. The van der Waals surface area contributed by atoms with Crippen LogP contribution < -0.4 is 11.2 Å². The van der Waals surface area contributed by atoms with E-state index >= 15 is 0 Å². The average molecular weight is 210 g/mol. The number of aliphatic hydroxyl groups is 1. The molecule has 0 spiro atoms. The number of aliphatic hydroxyl groups excluding tert-OH is 1. The highest BCUT2D eigenvalue weighted by atomic mass is 16.3. The van der Waals surface area contributed by atoms with Crippen LogP contribution in [0.2, 0.25) is 0 Å². The molecular formula is C10H14N2O3. The van der Waals surface area contributed by atoms with Gasteiger partial charge in [-0.2, -0.15) is 0 Å². The number of hydrogen-bond donors (Lipinski definition) is 2. The molecule has 3 N–H and O–H groups in total. The second-order valence-electron chi connectivity index (χ2n) is 3.50. The van der Waals surface area contributed by atoms with Crippen molar-refractivity contribution in [2.45, 2.75) is 26.5 Å². The Bertz CT molecular complexity index is 411. The highest BCUT2D eigenvalue weighted by molar-refractivity contribution is 5.78. The molecule has 0 aliphatic rings. The van der Waals surface area contributed by atoms with Gasteiger partial charge in [-0.3, -0.25) is 9.59 Å². The molecule has 1 unspecified atom stereocenters. The molecule has 0 aliphatic carbocycles. The van der Waals surface area contributed by atoms with Gasteiger partial charge in [0.1, 0.15) is 6.10 Å². The molecule has 5 heteroatoms. The summed E-state index contributed by atoms with van der Waals surface area (Å²) in [5.74, 6) is -0.771. The zero-order valence-corrected chi connectivity index (χ0v) is 8.73. The minimum absolute atomic E-state index is 0.0767. The van der Waals surface area contributed by atoms with Gasteiger partial charge < -0.3 is 15.4 Å². The van der Waals surface area contributed by atoms with Crippen molar-refractivity contribution in [2.75, 3.05) is 0 Å². The normalized spacial score (nSPS) is 12.5. The number of nitrogens with two attached hydrogens (primary N) is 1. The maximum Gasteiger partial charge on any atom is 0.248 e. The average Bonchev–Trinajstić information content (AvgIpc) is 2.10. The van der Waals surface area contributed by atoms with E-state index < -0.39 is 12.0 Å². The summed E-state index contributed by atoms with van der Waals surface area (Å²) < 4.78 is 1.68. The maximum atomic E-state index is 11.1. The molecule has 0 saturated carbocycles. The van der Waals surface area contributed by atoms with Gasteiger partial charge in [0.2, 0.25) is 5.91 Å². The molecule has 1 heterocycles. The molecule has 15 heavy (non-hydrogen) atoms.